The Bertz CT molecular complexity index is 639. The molecule has 0 saturated carbocycles. The Hall–Kier alpha value is -1.59. The van der Waals surface area contributed by atoms with Crippen LogP contribution in [0.4, 0.5) is 0 Å². The summed E-state index contributed by atoms with van der Waals surface area (Å²) < 4.78 is 16.1. The van der Waals surface area contributed by atoms with Crippen molar-refractivity contribution >= 4 is 29.1 Å². The molecule has 0 bridgehead atoms. The van der Waals surface area contributed by atoms with Gasteiger partial charge in [-0.05, 0) is 18.2 Å². The maximum Gasteiger partial charge on any atom is 0.174 e. The van der Waals surface area contributed by atoms with Crippen LogP contribution in [0.3, 0.4) is 0 Å². The third-order valence-corrected chi connectivity index (χ3v) is 4.26. The quantitative estimate of drug-likeness (QED) is 0.782. The predicted octanol–water partition coefficient (Wildman–Crippen LogP) is 3.82. The highest BCUT2D eigenvalue weighted by atomic mass is 35.5. The lowest BCUT2D eigenvalue weighted by molar-refractivity contribution is 0.102. The highest BCUT2D eigenvalue weighted by molar-refractivity contribution is 7.99. The molecule has 21 heavy (non-hydrogen) atoms. The lowest BCUT2D eigenvalue weighted by atomic mass is 10.1. The van der Waals surface area contributed by atoms with Gasteiger partial charge in [-0.25, -0.2) is 0 Å². The fourth-order valence-electron chi connectivity index (χ4n) is 1.99. The first-order valence-electron chi connectivity index (χ1n) is 6.46. The highest BCUT2D eigenvalue weighted by Crippen LogP contribution is 2.35. The molecule has 2 heterocycles. The van der Waals surface area contributed by atoms with E-state index in [4.69, 9.17) is 25.5 Å². The molecule has 1 aliphatic heterocycles. The van der Waals surface area contributed by atoms with Crippen molar-refractivity contribution in [3.05, 3.63) is 46.9 Å². The lowest BCUT2D eigenvalue weighted by Gasteiger charge is -2.19. The number of carbonyl (C=O) groups is 1. The van der Waals surface area contributed by atoms with E-state index in [0.717, 1.165) is 5.76 Å². The second-order valence-electron chi connectivity index (χ2n) is 4.47. The first-order chi connectivity index (χ1) is 10.2. The molecule has 1 aliphatic rings. The SMILES string of the molecule is O=C(CSCc1ccco1)c1cc2c(cc1Cl)OCCO2. The summed E-state index contributed by atoms with van der Waals surface area (Å²) in [5, 5.41) is 0.392. The Labute approximate surface area is 131 Å². The molecule has 1 aromatic heterocycles. The molecular formula is C15H13ClO4S. The van der Waals surface area contributed by atoms with Gasteiger partial charge in [-0.2, -0.15) is 0 Å². The van der Waals surface area contributed by atoms with Crippen LogP contribution in [0.5, 0.6) is 11.5 Å². The molecule has 0 N–H and O–H groups in total. The molecule has 4 nitrogen and oxygen atoms in total. The summed E-state index contributed by atoms with van der Waals surface area (Å²) in [6.07, 6.45) is 1.62. The van der Waals surface area contributed by atoms with E-state index in [2.05, 4.69) is 0 Å². The Balaban J connectivity index is 1.66. The summed E-state index contributed by atoms with van der Waals surface area (Å²) in [5.41, 5.74) is 0.466. The van der Waals surface area contributed by atoms with Gasteiger partial charge in [0.2, 0.25) is 0 Å². The van der Waals surface area contributed by atoms with Gasteiger partial charge in [-0.3, -0.25) is 4.79 Å². The van der Waals surface area contributed by atoms with E-state index in [0.29, 0.717) is 46.8 Å². The van der Waals surface area contributed by atoms with Gasteiger partial charge < -0.3 is 13.9 Å². The standard InChI is InChI=1S/C15H13ClO4S/c16-12-7-15-14(19-4-5-20-15)6-11(12)13(17)9-21-8-10-2-1-3-18-10/h1-3,6-7H,4-5,8-9H2. The molecule has 0 spiro atoms. The van der Waals surface area contributed by atoms with Gasteiger partial charge in [0.15, 0.2) is 17.3 Å². The van der Waals surface area contributed by atoms with E-state index in [-0.39, 0.29) is 5.78 Å². The lowest BCUT2D eigenvalue weighted by Crippen LogP contribution is -2.16. The van der Waals surface area contributed by atoms with Crippen LogP contribution in [0.15, 0.2) is 34.9 Å². The minimum absolute atomic E-state index is 0.0338. The van der Waals surface area contributed by atoms with E-state index < -0.39 is 0 Å². The summed E-state index contributed by atoms with van der Waals surface area (Å²) in [4.78, 5) is 12.2. The number of furan rings is 1. The van der Waals surface area contributed by atoms with Crippen molar-refractivity contribution in [1.82, 2.24) is 0 Å². The van der Waals surface area contributed by atoms with Crippen LogP contribution in [-0.4, -0.2) is 24.7 Å². The summed E-state index contributed by atoms with van der Waals surface area (Å²) in [6, 6.07) is 7.01. The van der Waals surface area contributed by atoms with Crippen LogP contribution in [0.25, 0.3) is 0 Å². The number of hydrogen-bond acceptors (Lipinski definition) is 5. The molecule has 0 saturated heterocycles. The molecule has 3 rings (SSSR count). The Morgan fingerprint density at radius 1 is 1.24 bits per heavy atom. The number of ether oxygens (including phenoxy) is 2. The van der Waals surface area contributed by atoms with E-state index in [1.807, 2.05) is 12.1 Å². The van der Waals surface area contributed by atoms with Gasteiger partial charge in [0.25, 0.3) is 0 Å². The van der Waals surface area contributed by atoms with Gasteiger partial charge >= 0.3 is 0 Å². The average Bonchev–Trinajstić information content (AvgIpc) is 2.99. The number of rotatable bonds is 5. The summed E-state index contributed by atoms with van der Waals surface area (Å²) >= 11 is 7.64. The zero-order chi connectivity index (χ0) is 14.7. The highest BCUT2D eigenvalue weighted by Gasteiger charge is 2.19. The third kappa shape index (κ3) is 3.36. The average molecular weight is 325 g/mol. The van der Waals surface area contributed by atoms with Crippen molar-refractivity contribution in [1.29, 1.82) is 0 Å². The number of Topliss-reactive ketones (excluding diaryl/α,β-unsaturated/α-hetero) is 1. The van der Waals surface area contributed by atoms with Crippen LogP contribution in [-0.2, 0) is 5.75 Å². The van der Waals surface area contributed by atoms with Crippen LogP contribution in [0.2, 0.25) is 5.02 Å². The second-order valence-corrected chi connectivity index (χ2v) is 5.86. The second kappa shape index (κ2) is 6.45. The van der Waals surface area contributed by atoms with E-state index in [9.17, 15) is 4.79 Å². The number of thioether (sulfide) groups is 1. The third-order valence-electron chi connectivity index (χ3n) is 2.99. The normalized spacial score (nSPS) is 13.2. The first kappa shape index (κ1) is 14.4. The summed E-state index contributed by atoms with van der Waals surface area (Å²) in [6.45, 7) is 0.977. The van der Waals surface area contributed by atoms with Gasteiger partial charge in [0, 0.05) is 11.6 Å². The van der Waals surface area contributed by atoms with Gasteiger partial charge in [0.05, 0.1) is 22.8 Å². The molecule has 110 valence electrons. The maximum atomic E-state index is 12.2. The number of hydrogen-bond donors (Lipinski definition) is 0. The first-order valence-corrected chi connectivity index (χ1v) is 8.00. The fraction of sp³-hybridized carbons (Fsp3) is 0.267. The molecular weight excluding hydrogens is 312 g/mol. The van der Waals surface area contributed by atoms with Gasteiger partial charge in [-0.1, -0.05) is 11.6 Å². The Morgan fingerprint density at radius 3 is 2.71 bits per heavy atom. The van der Waals surface area contributed by atoms with Crippen LogP contribution in [0, 0.1) is 0 Å². The maximum absolute atomic E-state index is 12.2. The van der Waals surface area contributed by atoms with E-state index in [1.54, 1.807) is 18.4 Å². The minimum atomic E-state index is -0.0338. The monoisotopic (exact) mass is 324 g/mol. The Kier molecular flexibility index (Phi) is 4.41. The predicted molar refractivity (Wildman–Crippen MR) is 81.6 cm³/mol. The van der Waals surface area contributed by atoms with Crippen molar-refractivity contribution in [3.63, 3.8) is 0 Å². The van der Waals surface area contributed by atoms with Crippen LogP contribution >= 0.6 is 23.4 Å². The van der Waals surface area contributed by atoms with Crippen molar-refractivity contribution in [2.45, 2.75) is 5.75 Å². The topological polar surface area (TPSA) is 48.7 Å². The van der Waals surface area contributed by atoms with E-state index in [1.165, 1.54) is 11.8 Å². The molecule has 0 amide bonds. The molecule has 0 unspecified atom stereocenters. The number of ketones is 1. The van der Waals surface area contributed by atoms with Crippen LogP contribution in [0.1, 0.15) is 16.1 Å². The number of benzene rings is 1. The summed E-state index contributed by atoms with van der Waals surface area (Å²) in [5.74, 6) is 2.96. The molecule has 1 aromatic carbocycles. The fourth-order valence-corrected chi connectivity index (χ4v) is 3.06. The minimum Gasteiger partial charge on any atom is -0.486 e. The molecule has 0 radical (unpaired) electrons. The van der Waals surface area contributed by atoms with E-state index >= 15 is 0 Å². The van der Waals surface area contributed by atoms with Gasteiger partial charge in [0.1, 0.15) is 19.0 Å². The number of fused-ring (bicyclic) bond motifs is 1. The summed E-state index contributed by atoms with van der Waals surface area (Å²) in [7, 11) is 0. The number of halogens is 1. The largest absolute Gasteiger partial charge is 0.486 e. The molecule has 2 aromatic rings. The number of carbonyl (C=O) groups excluding carboxylic acids is 1. The molecule has 0 aliphatic carbocycles. The Morgan fingerprint density at radius 2 is 2.00 bits per heavy atom. The van der Waals surface area contributed by atoms with Gasteiger partial charge in [-0.15, -0.1) is 11.8 Å². The molecule has 0 atom stereocenters. The zero-order valence-corrected chi connectivity index (χ0v) is 12.7. The smallest absolute Gasteiger partial charge is 0.174 e. The molecule has 0 fully saturated rings. The van der Waals surface area contributed by atoms with Crippen molar-refractivity contribution in [3.8, 4) is 11.5 Å². The van der Waals surface area contributed by atoms with Crippen molar-refractivity contribution < 1.29 is 18.7 Å². The zero-order valence-electron chi connectivity index (χ0n) is 11.1. The molecule has 6 heteroatoms. The van der Waals surface area contributed by atoms with Crippen molar-refractivity contribution in [2.75, 3.05) is 19.0 Å². The van der Waals surface area contributed by atoms with Crippen LogP contribution < -0.4 is 9.47 Å². The van der Waals surface area contributed by atoms with Crippen molar-refractivity contribution in [2.24, 2.45) is 0 Å².